The van der Waals surface area contributed by atoms with E-state index in [1.807, 2.05) is 30.3 Å². The smallest absolute Gasteiger partial charge is 0.329 e. The first kappa shape index (κ1) is 20.5. The van der Waals surface area contributed by atoms with E-state index in [1.54, 1.807) is 0 Å². The largest absolute Gasteiger partial charge is 0.482 e. The predicted octanol–water partition coefficient (Wildman–Crippen LogP) is 2.24. The van der Waals surface area contributed by atoms with Gasteiger partial charge in [0.1, 0.15) is 18.8 Å². The summed E-state index contributed by atoms with van der Waals surface area (Å²) in [5.74, 6) is -1.42. The van der Waals surface area contributed by atoms with Crippen molar-refractivity contribution in [2.45, 2.75) is 6.61 Å². The Bertz CT molecular complexity index is 1030. The molecule has 2 aromatic carbocycles. The summed E-state index contributed by atoms with van der Waals surface area (Å²) in [5.41, 5.74) is 0.750. The number of amides is 3. The van der Waals surface area contributed by atoms with E-state index in [1.165, 1.54) is 24.3 Å². The number of ether oxygens (including phenoxy) is 2. The quantitative estimate of drug-likeness (QED) is 0.243. The second kappa shape index (κ2) is 8.86. The summed E-state index contributed by atoms with van der Waals surface area (Å²) in [7, 11) is 1.14. The van der Waals surface area contributed by atoms with Gasteiger partial charge in [0.2, 0.25) is 0 Å². The lowest BCUT2D eigenvalue weighted by Gasteiger charge is -2.09. The molecule has 154 valence electrons. The normalized spacial score (nSPS) is 14.6. The average molecular weight is 411 g/mol. The number of methoxy groups -OCH3 is 1. The van der Waals surface area contributed by atoms with Gasteiger partial charge in [-0.25, -0.2) is 9.69 Å². The van der Waals surface area contributed by atoms with Crippen LogP contribution in [0.3, 0.4) is 0 Å². The van der Waals surface area contributed by atoms with E-state index in [2.05, 4.69) is 10.1 Å². The van der Waals surface area contributed by atoms with Gasteiger partial charge in [0.15, 0.2) is 5.75 Å². The Labute approximate surface area is 170 Å². The van der Waals surface area contributed by atoms with E-state index in [0.29, 0.717) is 10.5 Å². The maximum absolute atomic E-state index is 12.3. The van der Waals surface area contributed by atoms with Crippen LogP contribution in [0.4, 0.5) is 10.5 Å². The predicted molar refractivity (Wildman–Crippen MR) is 104 cm³/mol. The number of hydrogen-bond acceptors (Lipinski definition) is 7. The molecule has 1 fully saturated rings. The first-order chi connectivity index (χ1) is 14.4. The van der Waals surface area contributed by atoms with Gasteiger partial charge in [-0.05, 0) is 23.3 Å². The van der Waals surface area contributed by atoms with Gasteiger partial charge < -0.3 is 14.8 Å². The number of nitrogens with one attached hydrogen (secondary N) is 1. The standard InChI is InChI=1S/C20H17N3O7/c1-29-18(24)11-22-19(25)15(21-20(22)26)9-14-7-8-17(16(10-14)23(27)28)30-12-13-5-3-2-4-6-13/h2-10H,11-12H2,1H3,(H,21,26). The van der Waals surface area contributed by atoms with Gasteiger partial charge in [0, 0.05) is 6.07 Å². The molecule has 0 bridgehead atoms. The number of nitrogens with zero attached hydrogens (tertiary/aromatic N) is 2. The van der Waals surface area contributed by atoms with E-state index in [4.69, 9.17) is 4.74 Å². The minimum atomic E-state index is -0.783. The zero-order valence-corrected chi connectivity index (χ0v) is 15.9. The molecule has 1 aliphatic heterocycles. The zero-order valence-electron chi connectivity index (χ0n) is 15.9. The lowest BCUT2D eigenvalue weighted by atomic mass is 10.1. The van der Waals surface area contributed by atoms with Gasteiger partial charge in [-0.15, -0.1) is 0 Å². The molecular weight excluding hydrogens is 394 g/mol. The number of carbonyl (C=O) groups is 3. The van der Waals surface area contributed by atoms with Crippen LogP contribution in [0.5, 0.6) is 5.75 Å². The topological polar surface area (TPSA) is 128 Å². The molecule has 1 heterocycles. The highest BCUT2D eigenvalue weighted by molar-refractivity contribution is 6.15. The molecule has 0 saturated carbocycles. The molecule has 1 aliphatic rings. The van der Waals surface area contributed by atoms with Crippen molar-refractivity contribution < 1.29 is 28.8 Å². The van der Waals surface area contributed by atoms with Crippen LogP contribution in [0.25, 0.3) is 6.08 Å². The van der Waals surface area contributed by atoms with Crippen molar-refractivity contribution in [2.75, 3.05) is 13.7 Å². The number of nitro groups is 1. The minimum absolute atomic E-state index is 0.0695. The zero-order chi connectivity index (χ0) is 21.7. The summed E-state index contributed by atoms with van der Waals surface area (Å²) in [6.07, 6.45) is 1.28. The minimum Gasteiger partial charge on any atom is -0.482 e. The van der Waals surface area contributed by atoms with Crippen molar-refractivity contribution in [1.29, 1.82) is 0 Å². The molecule has 10 nitrogen and oxygen atoms in total. The Hall–Kier alpha value is -4.21. The van der Waals surface area contributed by atoms with Gasteiger partial charge in [0.25, 0.3) is 5.91 Å². The van der Waals surface area contributed by atoms with Crippen LogP contribution in [-0.2, 0) is 20.9 Å². The van der Waals surface area contributed by atoms with Crippen LogP contribution in [-0.4, -0.2) is 41.4 Å². The van der Waals surface area contributed by atoms with Gasteiger partial charge in [-0.2, -0.15) is 0 Å². The molecule has 3 amide bonds. The van der Waals surface area contributed by atoms with Crippen molar-refractivity contribution in [2.24, 2.45) is 0 Å². The monoisotopic (exact) mass is 411 g/mol. The van der Waals surface area contributed by atoms with E-state index >= 15 is 0 Å². The fraction of sp³-hybridized carbons (Fsp3) is 0.150. The third kappa shape index (κ3) is 4.61. The number of hydrogen-bond donors (Lipinski definition) is 1. The van der Waals surface area contributed by atoms with Crippen molar-refractivity contribution >= 4 is 29.7 Å². The Kier molecular flexibility index (Phi) is 6.06. The van der Waals surface area contributed by atoms with E-state index in [0.717, 1.165) is 12.7 Å². The average Bonchev–Trinajstić information content (AvgIpc) is 3.00. The number of esters is 1. The molecule has 1 saturated heterocycles. The number of carbonyl (C=O) groups excluding carboxylic acids is 3. The molecule has 0 radical (unpaired) electrons. The molecular formula is C20H17N3O7. The number of rotatable bonds is 7. The first-order valence-corrected chi connectivity index (χ1v) is 8.75. The summed E-state index contributed by atoms with van der Waals surface area (Å²) in [6.45, 7) is -0.385. The van der Waals surface area contributed by atoms with Gasteiger partial charge >= 0.3 is 17.7 Å². The molecule has 0 atom stereocenters. The van der Waals surface area contributed by atoms with Crippen LogP contribution in [0.1, 0.15) is 11.1 Å². The van der Waals surface area contributed by atoms with Crippen LogP contribution >= 0.6 is 0 Å². The second-order valence-corrected chi connectivity index (χ2v) is 6.21. The molecule has 0 aliphatic carbocycles. The highest BCUT2D eigenvalue weighted by atomic mass is 16.6. The summed E-state index contributed by atoms with van der Waals surface area (Å²) in [4.78, 5) is 47.1. The van der Waals surface area contributed by atoms with Crippen LogP contribution in [0, 0.1) is 10.1 Å². The fourth-order valence-electron chi connectivity index (χ4n) is 2.70. The van der Waals surface area contributed by atoms with E-state index < -0.39 is 29.4 Å². The molecule has 0 aromatic heterocycles. The maximum Gasteiger partial charge on any atom is 0.329 e. The molecule has 10 heteroatoms. The molecule has 3 rings (SSSR count). The van der Waals surface area contributed by atoms with E-state index in [9.17, 15) is 24.5 Å². The Morgan fingerprint density at radius 1 is 1.20 bits per heavy atom. The lowest BCUT2D eigenvalue weighted by molar-refractivity contribution is -0.386. The fourth-order valence-corrected chi connectivity index (χ4v) is 2.70. The first-order valence-electron chi connectivity index (χ1n) is 8.75. The van der Waals surface area contributed by atoms with Crippen molar-refractivity contribution in [3.05, 3.63) is 75.5 Å². The molecule has 0 spiro atoms. The van der Waals surface area contributed by atoms with Crippen LogP contribution < -0.4 is 10.1 Å². The summed E-state index contributed by atoms with van der Waals surface area (Å²) in [5, 5.41) is 13.8. The molecule has 2 aromatic rings. The molecule has 30 heavy (non-hydrogen) atoms. The highest BCUT2D eigenvalue weighted by Crippen LogP contribution is 2.30. The second-order valence-electron chi connectivity index (χ2n) is 6.21. The third-order valence-electron chi connectivity index (χ3n) is 4.21. The number of urea groups is 1. The van der Waals surface area contributed by atoms with E-state index in [-0.39, 0.29) is 23.7 Å². The molecule has 0 unspecified atom stereocenters. The van der Waals surface area contributed by atoms with Gasteiger partial charge in [0.05, 0.1) is 12.0 Å². The third-order valence-corrected chi connectivity index (χ3v) is 4.21. The van der Waals surface area contributed by atoms with Crippen LogP contribution in [0.2, 0.25) is 0 Å². The highest BCUT2D eigenvalue weighted by Gasteiger charge is 2.35. The van der Waals surface area contributed by atoms with Crippen LogP contribution in [0.15, 0.2) is 54.2 Å². The van der Waals surface area contributed by atoms with Gasteiger partial charge in [-0.1, -0.05) is 36.4 Å². The summed E-state index contributed by atoms with van der Waals surface area (Å²) in [6, 6.07) is 12.6. The Morgan fingerprint density at radius 3 is 2.60 bits per heavy atom. The molecule has 1 N–H and O–H groups in total. The number of benzene rings is 2. The lowest BCUT2D eigenvalue weighted by Crippen LogP contribution is -2.36. The van der Waals surface area contributed by atoms with Crippen molar-refractivity contribution in [3.8, 4) is 5.75 Å². The SMILES string of the molecule is COC(=O)CN1C(=O)NC(=Cc2ccc(OCc3ccccc3)c([N+](=O)[O-])c2)C1=O. The maximum atomic E-state index is 12.3. The van der Waals surface area contributed by atoms with Crippen molar-refractivity contribution in [3.63, 3.8) is 0 Å². The van der Waals surface area contributed by atoms with Gasteiger partial charge in [-0.3, -0.25) is 19.7 Å². The Morgan fingerprint density at radius 2 is 1.93 bits per heavy atom. The summed E-state index contributed by atoms with van der Waals surface area (Å²) >= 11 is 0. The number of imide groups is 1. The summed E-state index contributed by atoms with van der Waals surface area (Å²) < 4.78 is 10.0. The van der Waals surface area contributed by atoms with Crippen molar-refractivity contribution in [1.82, 2.24) is 10.2 Å². The Balaban J connectivity index is 1.80. The number of nitro benzene ring substituents is 1.